The fraction of sp³-hybridized carbons (Fsp3) is 0.944. The molecule has 0 amide bonds. The minimum absolute atomic E-state index is 0.790. The van der Waals surface area contributed by atoms with E-state index in [1.165, 1.54) is 0 Å². The lowest BCUT2D eigenvalue weighted by molar-refractivity contribution is -0.375. The summed E-state index contributed by atoms with van der Waals surface area (Å²) in [6.45, 7) is -1.68. The fourth-order valence-electron chi connectivity index (χ4n) is 4.04. The summed E-state index contributed by atoms with van der Waals surface area (Å²) >= 11 is 0. The maximum Gasteiger partial charge on any atom is 0.335 e. The SMILES string of the molecule is O=C(O)[C@@H]1O[C@H](O[C@@H]2[C@@H](O)[C@H](O)[C@@H](O[C@H]3[C@@H](O)[C@@H](O)[C@@H](O)O[C@@H]3CO)O[C@H]2CO)[C@@H](O)[C@H](O)[C@H]1O. The third kappa shape index (κ3) is 5.59. The van der Waals surface area contributed by atoms with E-state index in [9.17, 15) is 55.9 Å². The van der Waals surface area contributed by atoms with Crippen LogP contribution in [0.2, 0.25) is 0 Å². The van der Waals surface area contributed by atoms with Gasteiger partial charge in [0.15, 0.2) is 25.0 Å². The standard InChI is InChI=1S/C18H30O17/c19-1-3-12(7(23)9(25)16(30)31-3)33-17-11(27)8(24)13(4(2-20)32-17)34-18-10(26)5(21)6(22)14(35-18)15(28)29/h3-14,16-27,30H,1-2H2,(H,28,29)/t3-,4+,5-,6-,7+,8+,9-,10+,11+,12-,13+,14-,16+,17-,18+/m1/s1. The third-order valence-corrected chi connectivity index (χ3v) is 6.06. The molecule has 0 radical (unpaired) electrons. The van der Waals surface area contributed by atoms with Crippen LogP contribution in [0.25, 0.3) is 0 Å². The van der Waals surface area contributed by atoms with E-state index in [1.54, 1.807) is 0 Å². The summed E-state index contributed by atoms with van der Waals surface area (Å²) in [7, 11) is 0. The molecule has 15 atom stereocenters. The first-order valence-corrected chi connectivity index (χ1v) is 10.6. The first-order valence-electron chi connectivity index (χ1n) is 10.6. The maximum absolute atomic E-state index is 11.3. The van der Waals surface area contributed by atoms with Gasteiger partial charge in [0.2, 0.25) is 0 Å². The highest BCUT2D eigenvalue weighted by molar-refractivity contribution is 5.73. The Balaban J connectivity index is 1.73. The van der Waals surface area contributed by atoms with Gasteiger partial charge in [0.25, 0.3) is 0 Å². The van der Waals surface area contributed by atoms with Gasteiger partial charge < -0.3 is 79.9 Å². The van der Waals surface area contributed by atoms with Crippen molar-refractivity contribution in [3.8, 4) is 0 Å². The quantitative estimate of drug-likeness (QED) is 0.149. The molecule has 0 aromatic carbocycles. The van der Waals surface area contributed by atoms with Crippen LogP contribution in [0.4, 0.5) is 0 Å². The lowest BCUT2D eigenvalue weighted by atomic mass is 9.96. The number of aliphatic carboxylic acids is 1. The molecule has 17 nitrogen and oxygen atoms in total. The maximum atomic E-state index is 11.3. The zero-order valence-corrected chi connectivity index (χ0v) is 17.9. The normalized spacial score (nSPS) is 51.2. The van der Waals surface area contributed by atoms with Crippen molar-refractivity contribution >= 4 is 5.97 Å². The lowest BCUT2D eigenvalue weighted by Gasteiger charge is -2.47. The molecule has 3 rings (SSSR count). The van der Waals surface area contributed by atoms with Crippen LogP contribution in [-0.2, 0) is 28.5 Å². The molecule has 35 heavy (non-hydrogen) atoms. The van der Waals surface area contributed by atoms with Gasteiger partial charge >= 0.3 is 5.97 Å². The van der Waals surface area contributed by atoms with Gasteiger partial charge in [-0.05, 0) is 0 Å². The molecule has 3 saturated heterocycles. The number of ether oxygens (including phenoxy) is 5. The highest BCUT2D eigenvalue weighted by Crippen LogP contribution is 2.32. The van der Waals surface area contributed by atoms with Crippen LogP contribution in [0.3, 0.4) is 0 Å². The van der Waals surface area contributed by atoms with Crippen LogP contribution in [-0.4, -0.2) is 167 Å². The molecule has 0 unspecified atom stereocenters. The van der Waals surface area contributed by atoms with E-state index in [0.29, 0.717) is 0 Å². The summed E-state index contributed by atoms with van der Waals surface area (Å²) in [6.07, 6.45) is -27.4. The molecule has 0 saturated carbocycles. The van der Waals surface area contributed by atoms with Gasteiger partial charge in [-0.3, -0.25) is 0 Å². The van der Waals surface area contributed by atoms with E-state index in [2.05, 4.69) is 0 Å². The number of rotatable bonds is 7. The largest absolute Gasteiger partial charge is 0.479 e. The highest BCUT2D eigenvalue weighted by atomic mass is 16.8. The summed E-state index contributed by atoms with van der Waals surface area (Å²) in [6, 6.07) is 0. The van der Waals surface area contributed by atoms with Crippen molar-refractivity contribution in [1.29, 1.82) is 0 Å². The van der Waals surface area contributed by atoms with Gasteiger partial charge in [0.1, 0.15) is 67.1 Å². The second-order valence-corrected chi connectivity index (χ2v) is 8.37. The van der Waals surface area contributed by atoms with Crippen molar-refractivity contribution in [2.24, 2.45) is 0 Å². The van der Waals surface area contributed by atoms with Crippen molar-refractivity contribution < 1.29 is 84.7 Å². The predicted octanol–water partition coefficient (Wildman–Crippen LogP) is -7.48. The molecule has 3 aliphatic rings. The minimum Gasteiger partial charge on any atom is -0.479 e. The smallest absolute Gasteiger partial charge is 0.335 e. The zero-order valence-electron chi connectivity index (χ0n) is 17.9. The minimum atomic E-state index is -2.02. The molecule has 0 aromatic heterocycles. The van der Waals surface area contributed by atoms with Crippen LogP contribution in [0.1, 0.15) is 0 Å². The van der Waals surface area contributed by atoms with E-state index >= 15 is 0 Å². The van der Waals surface area contributed by atoms with Crippen molar-refractivity contribution in [3.05, 3.63) is 0 Å². The number of carboxylic acids is 1. The molecule has 3 heterocycles. The van der Waals surface area contributed by atoms with Crippen molar-refractivity contribution in [1.82, 2.24) is 0 Å². The van der Waals surface area contributed by atoms with Gasteiger partial charge in [-0.1, -0.05) is 0 Å². The Morgan fingerprint density at radius 2 is 1.06 bits per heavy atom. The molecule has 17 heteroatoms. The Morgan fingerprint density at radius 1 is 0.600 bits per heavy atom. The number of aliphatic hydroxyl groups excluding tert-OH is 10. The molecule has 3 fully saturated rings. The van der Waals surface area contributed by atoms with Crippen LogP contribution in [0.5, 0.6) is 0 Å². The van der Waals surface area contributed by atoms with Gasteiger partial charge in [0, 0.05) is 0 Å². The molecule has 0 aliphatic carbocycles. The number of hydrogen-bond acceptors (Lipinski definition) is 16. The second kappa shape index (κ2) is 11.5. The Hall–Kier alpha value is -1.13. The molecular weight excluding hydrogens is 488 g/mol. The van der Waals surface area contributed by atoms with Crippen LogP contribution in [0, 0.1) is 0 Å². The van der Waals surface area contributed by atoms with Crippen molar-refractivity contribution in [2.45, 2.75) is 92.1 Å². The molecule has 3 aliphatic heterocycles. The third-order valence-electron chi connectivity index (χ3n) is 6.06. The summed E-state index contributed by atoms with van der Waals surface area (Å²) in [5.74, 6) is -1.69. The summed E-state index contributed by atoms with van der Waals surface area (Å²) in [5.41, 5.74) is 0. The number of carbonyl (C=O) groups is 1. The van der Waals surface area contributed by atoms with Crippen molar-refractivity contribution in [3.63, 3.8) is 0 Å². The molecule has 204 valence electrons. The monoisotopic (exact) mass is 518 g/mol. The topological polar surface area (TPSA) is 286 Å². The first kappa shape index (κ1) is 28.4. The van der Waals surface area contributed by atoms with Crippen LogP contribution < -0.4 is 0 Å². The van der Waals surface area contributed by atoms with Crippen molar-refractivity contribution in [2.75, 3.05) is 13.2 Å². The van der Waals surface area contributed by atoms with E-state index in [-0.39, 0.29) is 0 Å². The summed E-state index contributed by atoms with van der Waals surface area (Å²) in [4.78, 5) is 11.3. The molecule has 11 N–H and O–H groups in total. The predicted molar refractivity (Wildman–Crippen MR) is 102 cm³/mol. The van der Waals surface area contributed by atoms with Crippen LogP contribution >= 0.6 is 0 Å². The zero-order chi connectivity index (χ0) is 26.2. The van der Waals surface area contributed by atoms with Gasteiger partial charge in [-0.2, -0.15) is 0 Å². The Bertz CT molecular complexity index is 707. The molecule has 0 aromatic rings. The number of hydrogen-bond donors (Lipinski definition) is 11. The molecular formula is C18H30O17. The average Bonchev–Trinajstić information content (AvgIpc) is 2.83. The van der Waals surface area contributed by atoms with Gasteiger partial charge in [0.05, 0.1) is 13.2 Å². The average molecular weight is 518 g/mol. The van der Waals surface area contributed by atoms with Gasteiger partial charge in [-0.25, -0.2) is 4.79 Å². The lowest BCUT2D eigenvalue weighted by Crippen LogP contribution is -2.66. The Labute approximate surface area is 196 Å². The number of carboxylic acid groups (broad SMARTS) is 1. The highest BCUT2D eigenvalue weighted by Gasteiger charge is 2.54. The first-order chi connectivity index (χ1) is 16.4. The number of aliphatic hydroxyl groups is 10. The summed E-state index contributed by atoms with van der Waals surface area (Å²) in [5, 5.41) is 109. The fourth-order valence-corrected chi connectivity index (χ4v) is 4.04. The van der Waals surface area contributed by atoms with E-state index in [1.807, 2.05) is 0 Å². The van der Waals surface area contributed by atoms with E-state index in [0.717, 1.165) is 0 Å². The summed E-state index contributed by atoms with van der Waals surface area (Å²) < 4.78 is 26.0. The Morgan fingerprint density at radius 3 is 1.57 bits per heavy atom. The molecule has 0 bridgehead atoms. The van der Waals surface area contributed by atoms with Crippen LogP contribution in [0.15, 0.2) is 0 Å². The Kier molecular flexibility index (Phi) is 9.35. The second-order valence-electron chi connectivity index (χ2n) is 8.37. The molecule has 0 spiro atoms. The van der Waals surface area contributed by atoms with Gasteiger partial charge in [-0.15, -0.1) is 0 Å². The van der Waals surface area contributed by atoms with E-state index in [4.69, 9.17) is 28.8 Å². The van der Waals surface area contributed by atoms with E-state index < -0.39 is 111 Å².